The predicted molar refractivity (Wildman–Crippen MR) is 69.2 cm³/mol. The average molecular weight is 232 g/mol. The van der Waals surface area contributed by atoms with Crippen molar-refractivity contribution in [2.75, 3.05) is 7.11 Å². The van der Waals surface area contributed by atoms with Crippen LogP contribution in [0.3, 0.4) is 0 Å². The Morgan fingerprint density at radius 3 is 2.76 bits per heavy atom. The number of allylic oxidation sites excluding steroid dienone is 2. The van der Waals surface area contributed by atoms with Crippen LogP contribution in [0.1, 0.15) is 36.5 Å². The molecule has 1 aromatic carbocycles. The Bertz CT molecular complexity index is 409. The molecule has 17 heavy (non-hydrogen) atoms. The number of ether oxygens (including phenoxy) is 1. The molecule has 2 unspecified atom stereocenters. The molecule has 2 heteroatoms. The molecule has 0 saturated heterocycles. The average Bonchev–Trinajstić information content (AvgIpc) is 2.39. The molecule has 0 aromatic heterocycles. The van der Waals surface area contributed by atoms with Crippen molar-refractivity contribution in [3.63, 3.8) is 0 Å². The van der Waals surface area contributed by atoms with E-state index in [1.165, 1.54) is 0 Å². The molecule has 1 N–H and O–H groups in total. The van der Waals surface area contributed by atoms with Crippen molar-refractivity contribution in [2.45, 2.75) is 32.3 Å². The summed E-state index contributed by atoms with van der Waals surface area (Å²) >= 11 is 0. The molecular formula is C15H20O2. The van der Waals surface area contributed by atoms with Crippen LogP contribution in [0.5, 0.6) is 5.75 Å². The lowest BCUT2D eigenvalue weighted by atomic mass is 9.85. The molecule has 0 spiro atoms. The van der Waals surface area contributed by atoms with Gasteiger partial charge in [-0.1, -0.05) is 18.2 Å². The maximum atomic E-state index is 10.4. The van der Waals surface area contributed by atoms with Crippen molar-refractivity contribution in [1.29, 1.82) is 0 Å². The molecule has 1 aromatic rings. The fraction of sp³-hybridized carbons (Fsp3) is 0.467. The van der Waals surface area contributed by atoms with Crippen LogP contribution in [0, 0.1) is 12.8 Å². The van der Waals surface area contributed by atoms with Crippen LogP contribution in [0.15, 0.2) is 30.4 Å². The predicted octanol–water partition coefficient (Wildman–Crippen LogP) is 3.39. The van der Waals surface area contributed by atoms with Gasteiger partial charge in [-0.2, -0.15) is 0 Å². The Morgan fingerprint density at radius 1 is 1.35 bits per heavy atom. The summed E-state index contributed by atoms with van der Waals surface area (Å²) in [6.45, 7) is 2.03. The monoisotopic (exact) mass is 232 g/mol. The minimum absolute atomic E-state index is 0.354. The molecule has 0 amide bonds. The third-order valence-corrected chi connectivity index (χ3v) is 3.55. The van der Waals surface area contributed by atoms with Crippen molar-refractivity contribution in [2.24, 2.45) is 5.92 Å². The zero-order valence-electron chi connectivity index (χ0n) is 10.5. The largest absolute Gasteiger partial charge is 0.497 e. The second kappa shape index (κ2) is 5.37. The van der Waals surface area contributed by atoms with Gasteiger partial charge >= 0.3 is 0 Å². The van der Waals surface area contributed by atoms with Crippen LogP contribution in [-0.4, -0.2) is 12.2 Å². The van der Waals surface area contributed by atoms with Gasteiger partial charge in [0.05, 0.1) is 13.2 Å². The third kappa shape index (κ3) is 2.70. The van der Waals surface area contributed by atoms with Crippen molar-refractivity contribution >= 4 is 0 Å². The number of hydrogen-bond donors (Lipinski definition) is 1. The van der Waals surface area contributed by atoms with Crippen LogP contribution in [0.4, 0.5) is 0 Å². The van der Waals surface area contributed by atoms with Gasteiger partial charge in [0, 0.05) is 0 Å². The van der Waals surface area contributed by atoms with Gasteiger partial charge in [-0.05, 0) is 55.4 Å². The molecule has 1 aliphatic carbocycles. The van der Waals surface area contributed by atoms with Crippen molar-refractivity contribution in [3.05, 3.63) is 41.5 Å². The Kier molecular flexibility index (Phi) is 3.85. The molecule has 2 nitrogen and oxygen atoms in total. The van der Waals surface area contributed by atoms with Gasteiger partial charge < -0.3 is 9.84 Å². The number of aliphatic hydroxyl groups is 1. The van der Waals surface area contributed by atoms with E-state index >= 15 is 0 Å². The van der Waals surface area contributed by atoms with Gasteiger partial charge in [-0.15, -0.1) is 0 Å². The summed E-state index contributed by atoms with van der Waals surface area (Å²) in [6.07, 6.45) is 7.15. The highest BCUT2D eigenvalue weighted by molar-refractivity contribution is 5.36. The first kappa shape index (κ1) is 12.2. The summed E-state index contributed by atoms with van der Waals surface area (Å²) in [5.41, 5.74) is 2.14. The second-order valence-corrected chi connectivity index (χ2v) is 4.71. The SMILES string of the molecule is COc1ccc(C(O)C2CC=CCC2)c(C)c1. The molecule has 0 heterocycles. The van der Waals surface area contributed by atoms with E-state index in [4.69, 9.17) is 4.74 Å². The van der Waals surface area contributed by atoms with E-state index < -0.39 is 0 Å². The minimum atomic E-state index is -0.356. The number of hydrogen-bond acceptors (Lipinski definition) is 2. The van der Waals surface area contributed by atoms with E-state index in [2.05, 4.69) is 12.2 Å². The van der Waals surface area contributed by atoms with Crippen molar-refractivity contribution < 1.29 is 9.84 Å². The molecule has 2 atom stereocenters. The summed E-state index contributed by atoms with van der Waals surface area (Å²) in [5.74, 6) is 1.20. The fourth-order valence-corrected chi connectivity index (χ4v) is 2.46. The summed E-state index contributed by atoms with van der Waals surface area (Å²) < 4.78 is 5.18. The Morgan fingerprint density at radius 2 is 2.18 bits per heavy atom. The van der Waals surface area contributed by atoms with Gasteiger partial charge in [-0.25, -0.2) is 0 Å². The van der Waals surface area contributed by atoms with Crippen LogP contribution in [0.25, 0.3) is 0 Å². The molecule has 2 rings (SSSR count). The maximum absolute atomic E-state index is 10.4. The summed E-state index contributed by atoms with van der Waals surface area (Å²) in [6, 6.07) is 5.89. The molecule has 0 saturated carbocycles. The lowest BCUT2D eigenvalue weighted by Gasteiger charge is -2.25. The van der Waals surface area contributed by atoms with Crippen molar-refractivity contribution in [1.82, 2.24) is 0 Å². The van der Waals surface area contributed by atoms with Gasteiger partial charge in [-0.3, -0.25) is 0 Å². The van der Waals surface area contributed by atoms with E-state index in [0.29, 0.717) is 5.92 Å². The lowest BCUT2D eigenvalue weighted by molar-refractivity contribution is 0.102. The first-order valence-electron chi connectivity index (χ1n) is 6.20. The smallest absolute Gasteiger partial charge is 0.119 e. The van der Waals surface area contributed by atoms with E-state index in [-0.39, 0.29) is 6.10 Å². The summed E-state index contributed by atoms with van der Waals surface area (Å²) in [5, 5.41) is 10.4. The van der Waals surface area contributed by atoms with E-state index in [9.17, 15) is 5.11 Å². The highest BCUT2D eigenvalue weighted by atomic mass is 16.5. The molecule has 0 aliphatic heterocycles. The molecule has 0 radical (unpaired) electrons. The zero-order chi connectivity index (χ0) is 12.3. The van der Waals surface area contributed by atoms with Crippen LogP contribution in [0.2, 0.25) is 0 Å². The standard InChI is InChI=1S/C15H20O2/c1-11-10-13(17-2)8-9-14(11)15(16)12-6-4-3-5-7-12/h3-4,8-10,12,15-16H,5-7H2,1-2H3. The van der Waals surface area contributed by atoms with Crippen LogP contribution >= 0.6 is 0 Å². The molecule has 0 fully saturated rings. The second-order valence-electron chi connectivity index (χ2n) is 4.71. The van der Waals surface area contributed by atoms with Gasteiger partial charge in [0.15, 0.2) is 0 Å². The molecular weight excluding hydrogens is 212 g/mol. The Labute approximate surface area is 103 Å². The van der Waals surface area contributed by atoms with Gasteiger partial charge in [0.1, 0.15) is 5.75 Å². The number of aryl methyl sites for hydroxylation is 1. The number of rotatable bonds is 3. The number of aliphatic hydroxyl groups excluding tert-OH is 1. The van der Waals surface area contributed by atoms with Crippen LogP contribution in [-0.2, 0) is 0 Å². The topological polar surface area (TPSA) is 29.5 Å². The van der Waals surface area contributed by atoms with Gasteiger partial charge in [0.2, 0.25) is 0 Å². The normalized spacial score (nSPS) is 21.2. The van der Waals surface area contributed by atoms with E-state index in [1.807, 2.05) is 25.1 Å². The lowest BCUT2D eigenvalue weighted by Crippen LogP contribution is -2.14. The maximum Gasteiger partial charge on any atom is 0.119 e. The molecule has 92 valence electrons. The summed E-state index contributed by atoms with van der Waals surface area (Å²) in [4.78, 5) is 0. The number of benzene rings is 1. The van der Waals surface area contributed by atoms with E-state index in [0.717, 1.165) is 36.1 Å². The highest BCUT2D eigenvalue weighted by Crippen LogP contribution is 2.33. The first-order chi connectivity index (χ1) is 8.22. The zero-order valence-corrected chi connectivity index (χ0v) is 10.5. The fourth-order valence-electron chi connectivity index (χ4n) is 2.46. The van der Waals surface area contributed by atoms with Gasteiger partial charge in [0.25, 0.3) is 0 Å². The molecule has 1 aliphatic rings. The van der Waals surface area contributed by atoms with E-state index in [1.54, 1.807) is 7.11 Å². The quantitative estimate of drug-likeness (QED) is 0.809. The number of methoxy groups -OCH3 is 1. The highest BCUT2D eigenvalue weighted by Gasteiger charge is 2.22. The third-order valence-electron chi connectivity index (χ3n) is 3.55. The van der Waals surface area contributed by atoms with Crippen LogP contribution < -0.4 is 4.74 Å². The minimum Gasteiger partial charge on any atom is -0.497 e. The Hall–Kier alpha value is -1.28. The Balaban J connectivity index is 2.18. The van der Waals surface area contributed by atoms with Crippen molar-refractivity contribution in [3.8, 4) is 5.75 Å². The molecule has 0 bridgehead atoms. The first-order valence-corrected chi connectivity index (χ1v) is 6.20. The summed E-state index contributed by atoms with van der Waals surface area (Å²) in [7, 11) is 1.66.